The highest BCUT2D eigenvalue weighted by Gasteiger charge is 2.21. The van der Waals surface area contributed by atoms with Crippen LogP contribution in [0.4, 0.5) is 10.8 Å². The van der Waals surface area contributed by atoms with Gasteiger partial charge in [-0.25, -0.2) is 0 Å². The first-order chi connectivity index (χ1) is 9.74. The van der Waals surface area contributed by atoms with Gasteiger partial charge in [-0.3, -0.25) is 0 Å². The second kappa shape index (κ2) is 5.83. The minimum absolute atomic E-state index is 0.557. The summed E-state index contributed by atoms with van der Waals surface area (Å²) in [7, 11) is 0. The number of benzene rings is 1. The largest absolute Gasteiger partial charge is 0.382 e. The number of nitrogens with two attached hydrogens (primary N) is 1. The summed E-state index contributed by atoms with van der Waals surface area (Å²) in [5.74, 6) is 1.44. The van der Waals surface area contributed by atoms with Crippen molar-refractivity contribution >= 4 is 22.4 Å². The summed E-state index contributed by atoms with van der Waals surface area (Å²) >= 11 is 1.48. The molecule has 0 aliphatic heterocycles. The van der Waals surface area contributed by atoms with Crippen LogP contribution in [0.1, 0.15) is 32.6 Å². The third-order valence-electron chi connectivity index (χ3n) is 4.05. The molecule has 0 amide bonds. The van der Waals surface area contributed by atoms with Crippen molar-refractivity contribution in [3.63, 3.8) is 0 Å². The molecule has 3 nitrogen and oxygen atoms in total. The predicted molar refractivity (Wildman–Crippen MR) is 87.0 cm³/mol. The SMILES string of the molecule is CC1CCCC(Nc2snc(N)c2-c2ccccc2)C1. The lowest BCUT2D eigenvalue weighted by Gasteiger charge is -2.28. The summed E-state index contributed by atoms with van der Waals surface area (Å²) in [5.41, 5.74) is 8.27. The van der Waals surface area contributed by atoms with Crippen LogP contribution >= 0.6 is 11.5 Å². The second-order valence-electron chi connectivity index (χ2n) is 5.75. The average molecular weight is 287 g/mol. The Labute approximate surface area is 124 Å². The molecule has 3 rings (SSSR count). The topological polar surface area (TPSA) is 50.9 Å². The molecule has 20 heavy (non-hydrogen) atoms. The number of rotatable bonds is 3. The van der Waals surface area contributed by atoms with Gasteiger partial charge in [0.05, 0.1) is 5.56 Å². The Morgan fingerprint density at radius 3 is 2.80 bits per heavy atom. The Bertz CT molecular complexity index is 564. The molecule has 3 N–H and O–H groups in total. The van der Waals surface area contributed by atoms with Crippen molar-refractivity contribution < 1.29 is 0 Å². The van der Waals surface area contributed by atoms with E-state index < -0.39 is 0 Å². The molecule has 1 saturated carbocycles. The van der Waals surface area contributed by atoms with Crippen LogP contribution in [-0.4, -0.2) is 10.4 Å². The van der Waals surface area contributed by atoms with Crippen LogP contribution in [0.25, 0.3) is 11.1 Å². The van der Waals surface area contributed by atoms with Crippen molar-refractivity contribution in [2.45, 2.75) is 38.6 Å². The van der Waals surface area contributed by atoms with E-state index in [1.165, 1.54) is 37.2 Å². The summed E-state index contributed by atoms with van der Waals surface area (Å²) in [6, 6.07) is 10.8. The number of aromatic nitrogens is 1. The summed E-state index contributed by atoms with van der Waals surface area (Å²) in [4.78, 5) is 0. The molecule has 0 spiro atoms. The van der Waals surface area contributed by atoms with Crippen LogP contribution in [0, 0.1) is 5.92 Å². The maximum atomic E-state index is 6.07. The number of hydrogen-bond acceptors (Lipinski definition) is 4. The van der Waals surface area contributed by atoms with E-state index in [2.05, 4.69) is 28.7 Å². The standard InChI is InChI=1S/C16H21N3S/c1-11-6-5-9-13(10-11)18-16-14(15(17)19-20-16)12-7-3-2-4-8-12/h2-4,7-8,11,13,18H,5-6,9-10H2,1H3,(H2,17,19). The third kappa shape index (κ3) is 2.80. The molecule has 0 radical (unpaired) electrons. The first-order valence-electron chi connectivity index (χ1n) is 7.31. The van der Waals surface area contributed by atoms with Gasteiger partial charge < -0.3 is 11.1 Å². The number of nitrogens with one attached hydrogen (secondary N) is 1. The molecule has 2 aromatic rings. The monoisotopic (exact) mass is 287 g/mol. The van der Waals surface area contributed by atoms with Crippen molar-refractivity contribution in [3.8, 4) is 11.1 Å². The fourth-order valence-corrected chi connectivity index (χ4v) is 3.85. The van der Waals surface area contributed by atoms with Gasteiger partial charge in [-0.2, -0.15) is 4.37 Å². The van der Waals surface area contributed by atoms with Crippen LogP contribution in [0.3, 0.4) is 0 Å². The van der Waals surface area contributed by atoms with Gasteiger partial charge in [0, 0.05) is 6.04 Å². The maximum Gasteiger partial charge on any atom is 0.147 e. The minimum atomic E-state index is 0.557. The molecule has 1 fully saturated rings. The lowest BCUT2D eigenvalue weighted by atomic mass is 9.87. The van der Waals surface area contributed by atoms with E-state index >= 15 is 0 Å². The normalized spacial score (nSPS) is 22.6. The van der Waals surface area contributed by atoms with Gasteiger partial charge in [-0.1, -0.05) is 50.1 Å². The van der Waals surface area contributed by atoms with Crippen LogP contribution in [-0.2, 0) is 0 Å². The van der Waals surface area contributed by atoms with Gasteiger partial charge in [-0.15, -0.1) is 0 Å². The van der Waals surface area contributed by atoms with Crippen LogP contribution in [0.2, 0.25) is 0 Å². The molecule has 1 aromatic heterocycles. The molecule has 1 aliphatic carbocycles. The number of nitrogen functional groups attached to an aromatic ring is 1. The fraction of sp³-hybridized carbons (Fsp3) is 0.438. The van der Waals surface area contributed by atoms with E-state index in [0.29, 0.717) is 11.9 Å². The van der Waals surface area contributed by atoms with E-state index in [0.717, 1.165) is 22.0 Å². The van der Waals surface area contributed by atoms with Crippen molar-refractivity contribution in [1.82, 2.24) is 4.37 Å². The van der Waals surface area contributed by atoms with Crippen LogP contribution in [0.5, 0.6) is 0 Å². The highest BCUT2D eigenvalue weighted by molar-refractivity contribution is 7.11. The van der Waals surface area contributed by atoms with E-state index in [9.17, 15) is 0 Å². The predicted octanol–water partition coefficient (Wildman–Crippen LogP) is 4.38. The van der Waals surface area contributed by atoms with E-state index in [4.69, 9.17) is 5.73 Å². The maximum absolute atomic E-state index is 6.07. The highest BCUT2D eigenvalue weighted by atomic mass is 32.1. The molecule has 4 heteroatoms. The molecule has 2 unspecified atom stereocenters. The Morgan fingerprint density at radius 1 is 1.25 bits per heavy atom. The zero-order valence-electron chi connectivity index (χ0n) is 11.8. The summed E-state index contributed by atoms with van der Waals surface area (Å²) in [6.07, 6.45) is 5.16. The van der Waals surface area contributed by atoms with Gasteiger partial charge in [0.25, 0.3) is 0 Å². The summed E-state index contributed by atoms with van der Waals surface area (Å²) in [5, 5.41) is 4.79. The van der Waals surface area contributed by atoms with E-state index in [1.807, 2.05) is 18.2 Å². The Balaban J connectivity index is 1.84. The number of hydrogen-bond donors (Lipinski definition) is 2. The minimum Gasteiger partial charge on any atom is -0.382 e. The molecule has 106 valence electrons. The molecule has 1 aromatic carbocycles. The molecular formula is C16H21N3S. The lowest BCUT2D eigenvalue weighted by Crippen LogP contribution is -2.25. The van der Waals surface area contributed by atoms with Crippen LogP contribution in [0.15, 0.2) is 30.3 Å². The number of nitrogens with zero attached hydrogens (tertiary/aromatic N) is 1. The Kier molecular flexibility index (Phi) is 3.92. The zero-order valence-corrected chi connectivity index (χ0v) is 12.6. The first kappa shape index (κ1) is 13.4. The molecule has 1 heterocycles. The molecule has 2 atom stereocenters. The van der Waals surface area contributed by atoms with Crippen molar-refractivity contribution in [3.05, 3.63) is 30.3 Å². The molecule has 0 bridgehead atoms. The van der Waals surface area contributed by atoms with Gasteiger partial charge in [0.1, 0.15) is 10.8 Å². The van der Waals surface area contributed by atoms with Gasteiger partial charge in [-0.05, 0) is 35.9 Å². The molecular weight excluding hydrogens is 266 g/mol. The van der Waals surface area contributed by atoms with Crippen molar-refractivity contribution in [2.75, 3.05) is 11.1 Å². The summed E-state index contributed by atoms with van der Waals surface area (Å²) in [6.45, 7) is 2.34. The van der Waals surface area contributed by atoms with Gasteiger partial charge in [0.15, 0.2) is 0 Å². The second-order valence-corrected chi connectivity index (χ2v) is 6.52. The van der Waals surface area contributed by atoms with E-state index in [1.54, 1.807) is 0 Å². The van der Waals surface area contributed by atoms with Gasteiger partial charge >= 0.3 is 0 Å². The van der Waals surface area contributed by atoms with Gasteiger partial charge in [0.2, 0.25) is 0 Å². The highest BCUT2D eigenvalue weighted by Crippen LogP contribution is 2.38. The molecule has 1 aliphatic rings. The zero-order chi connectivity index (χ0) is 13.9. The average Bonchev–Trinajstić information content (AvgIpc) is 2.81. The fourth-order valence-electron chi connectivity index (χ4n) is 3.04. The first-order valence-corrected chi connectivity index (χ1v) is 8.08. The van der Waals surface area contributed by atoms with E-state index in [-0.39, 0.29) is 0 Å². The third-order valence-corrected chi connectivity index (χ3v) is 4.85. The smallest absolute Gasteiger partial charge is 0.147 e. The number of anilines is 2. The van der Waals surface area contributed by atoms with Crippen molar-refractivity contribution in [2.24, 2.45) is 5.92 Å². The Morgan fingerprint density at radius 2 is 2.05 bits per heavy atom. The van der Waals surface area contributed by atoms with Crippen LogP contribution < -0.4 is 11.1 Å². The quantitative estimate of drug-likeness (QED) is 0.880. The molecule has 0 saturated heterocycles. The van der Waals surface area contributed by atoms with Crippen molar-refractivity contribution in [1.29, 1.82) is 0 Å². The lowest BCUT2D eigenvalue weighted by molar-refractivity contribution is 0.359. The summed E-state index contributed by atoms with van der Waals surface area (Å²) < 4.78 is 4.33. The Hall–Kier alpha value is -1.55.